The summed E-state index contributed by atoms with van der Waals surface area (Å²) >= 11 is 0. The second-order valence-corrected chi connectivity index (χ2v) is 6.94. The molecule has 1 N–H and O–H groups in total. The number of nitrogens with zero attached hydrogens (tertiary/aromatic N) is 4. The Morgan fingerprint density at radius 1 is 1.31 bits per heavy atom. The Balaban J connectivity index is 1.51. The van der Waals surface area contributed by atoms with Gasteiger partial charge >= 0.3 is 0 Å². The zero-order valence-corrected chi connectivity index (χ0v) is 16.7. The minimum Gasteiger partial charge on any atom is -0.493 e. The molecule has 1 fully saturated rings. The summed E-state index contributed by atoms with van der Waals surface area (Å²) in [7, 11) is 1.86. The number of rotatable bonds is 7. The summed E-state index contributed by atoms with van der Waals surface area (Å²) in [6.07, 6.45) is 1.96. The molecule has 1 aromatic carbocycles. The summed E-state index contributed by atoms with van der Waals surface area (Å²) in [5.74, 6) is 0.215. The number of likely N-dealkylation sites (N-methyl/N-ethyl adjacent to an activating group) is 1. The lowest BCUT2D eigenvalue weighted by Crippen LogP contribution is -2.57. The maximum atomic E-state index is 13.2. The molecular formula is C20H26FN5O3. The highest BCUT2D eigenvalue weighted by Gasteiger charge is 2.32. The van der Waals surface area contributed by atoms with E-state index in [0.717, 1.165) is 6.54 Å². The molecule has 1 aliphatic rings. The Hall–Kier alpha value is -2.94. The number of benzene rings is 1. The van der Waals surface area contributed by atoms with Gasteiger partial charge in [0.15, 0.2) is 5.82 Å². The van der Waals surface area contributed by atoms with Crippen LogP contribution >= 0.6 is 0 Å². The molecule has 1 atom stereocenters. The molecule has 9 heteroatoms. The van der Waals surface area contributed by atoms with Gasteiger partial charge in [-0.2, -0.15) is 5.10 Å². The van der Waals surface area contributed by atoms with Gasteiger partial charge in [0.2, 0.25) is 11.8 Å². The number of anilines is 1. The highest BCUT2D eigenvalue weighted by molar-refractivity contribution is 5.94. The molecule has 29 heavy (non-hydrogen) atoms. The van der Waals surface area contributed by atoms with Crippen molar-refractivity contribution in [2.75, 3.05) is 38.6 Å². The predicted molar refractivity (Wildman–Crippen MR) is 106 cm³/mol. The average Bonchev–Trinajstić information content (AvgIpc) is 3.15. The molecule has 2 aromatic rings. The number of halogens is 1. The van der Waals surface area contributed by atoms with Crippen LogP contribution in [0.25, 0.3) is 0 Å². The van der Waals surface area contributed by atoms with Crippen molar-refractivity contribution in [2.24, 2.45) is 0 Å². The lowest BCUT2D eigenvalue weighted by molar-refractivity contribution is -0.136. The monoisotopic (exact) mass is 403 g/mol. The number of aromatic nitrogens is 2. The number of amides is 2. The number of carbonyl (C=O) groups excluding carboxylic acids is 2. The van der Waals surface area contributed by atoms with Gasteiger partial charge in [-0.25, -0.2) is 4.39 Å². The van der Waals surface area contributed by atoms with Crippen molar-refractivity contribution in [3.8, 4) is 5.75 Å². The normalized spacial score (nSPS) is 17.2. The van der Waals surface area contributed by atoms with Crippen molar-refractivity contribution in [2.45, 2.75) is 25.9 Å². The van der Waals surface area contributed by atoms with Crippen LogP contribution in [0.3, 0.4) is 0 Å². The van der Waals surface area contributed by atoms with E-state index in [1.54, 1.807) is 34.0 Å². The second kappa shape index (κ2) is 9.51. The number of piperazine rings is 1. The Morgan fingerprint density at radius 3 is 2.86 bits per heavy atom. The molecule has 1 aromatic heterocycles. The zero-order valence-electron chi connectivity index (χ0n) is 16.7. The van der Waals surface area contributed by atoms with Gasteiger partial charge in [-0.15, -0.1) is 0 Å². The fraction of sp³-hybridized carbons (Fsp3) is 0.450. The van der Waals surface area contributed by atoms with Crippen LogP contribution in [0, 0.1) is 5.82 Å². The quantitative estimate of drug-likeness (QED) is 0.760. The molecule has 1 aliphatic heterocycles. The van der Waals surface area contributed by atoms with Crippen LogP contribution in [0.2, 0.25) is 0 Å². The first-order valence-corrected chi connectivity index (χ1v) is 9.67. The molecule has 156 valence electrons. The molecule has 2 heterocycles. The van der Waals surface area contributed by atoms with Crippen molar-refractivity contribution >= 4 is 17.6 Å². The molecule has 1 unspecified atom stereocenters. The highest BCUT2D eigenvalue weighted by Crippen LogP contribution is 2.14. The van der Waals surface area contributed by atoms with E-state index in [9.17, 15) is 14.0 Å². The first kappa shape index (κ1) is 20.8. The van der Waals surface area contributed by atoms with Crippen molar-refractivity contribution in [1.82, 2.24) is 19.6 Å². The van der Waals surface area contributed by atoms with E-state index < -0.39 is 6.04 Å². The SMILES string of the molecule is CCn1ccc(NC(=O)C2CN(C(=O)CCOc3cccc(F)c3)CCN2C)n1. The molecule has 0 spiro atoms. The number of carbonyl (C=O) groups is 2. The fourth-order valence-electron chi connectivity index (χ4n) is 3.17. The largest absolute Gasteiger partial charge is 0.493 e. The molecule has 1 saturated heterocycles. The zero-order chi connectivity index (χ0) is 20.8. The number of hydrogen-bond acceptors (Lipinski definition) is 5. The van der Waals surface area contributed by atoms with Gasteiger partial charge in [0, 0.05) is 44.5 Å². The van der Waals surface area contributed by atoms with Crippen LogP contribution in [0.1, 0.15) is 13.3 Å². The van der Waals surface area contributed by atoms with E-state index in [1.165, 1.54) is 12.1 Å². The van der Waals surface area contributed by atoms with Gasteiger partial charge in [0.1, 0.15) is 17.6 Å². The molecule has 2 amide bonds. The van der Waals surface area contributed by atoms with E-state index in [2.05, 4.69) is 10.4 Å². The fourth-order valence-corrected chi connectivity index (χ4v) is 3.17. The molecule has 3 rings (SSSR count). The third-order valence-electron chi connectivity index (χ3n) is 4.90. The maximum absolute atomic E-state index is 13.2. The summed E-state index contributed by atoms with van der Waals surface area (Å²) in [5, 5.41) is 7.08. The van der Waals surface area contributed by atoms with Gasteiger partial charge in [0.05, 0.1) is 13.0 Å². The van der Waals surface area contributed by atoms with Crippen LogP contribution in [-0.2, 0) is 16.1 Å². The molecule has 0 saturated carbocycles. The minimum atomic E-state index is -0.455. The van der Waals surface area contributed by atoms with Crippen LogP contribution in [0.4, 0.5) is 10.2 Å². The van der Waals surface area contributed by atoms with Crippen LogP contribution in [-0.4, -0.2) is 70.7 Å². The van der Waals surface area contributed by atoms with E-state index in [1.807, 2.05) is 18.9 Å². The predicted octanol–water partition coefficient (Wildman–Crippen LogP) is 1.59. The second-order valence-electron chi connectivity index (χ2n) is 6.94. The maximum Gasteiger partial charge on any atom is 0.244 e. The van der Waals surface area contributed by atoms with Crippen molar-refractivity contribution in [3.05, 3.63) is 42.3 Å². The summed E-state index contributed by atoms with van der Waals surface area (Å²) in [4.78, 5) is 28.8. The van der Waals surface area contributed by atoms with E-state index in [4.69, 9.17) is 4.74 Å². The van der Waals surface area contributed by atoms with Gasteiger partial charge < -0.3 is 15.0 Å². The first-order valence-electron chi connectivity index (χ1n) is 9.67. The van der Waals surface area contributed by atoms with Gasteiger partial charge in [-0.1, -0.05) is 6.07 Å². The summed E-state index contributed by atoms with van der Waals surface area (Å²) in [6.45, 7) is 4.28. The minimum absolute atomic E-state index is 0.0948. The smallest absolute Gasteiger partial charge is 0.244 e. The van der Waals surface area contributed by atoms with E-state index in [-0.39, 0.29) is 30.7 Å². The van der Waals surface area contributed by atoms with Gasteiger partial charge in [-0.3, -0.25) is 19.2 Å². The van der Waals surface area contributed by atoms with Crippen LogP contribution in [0.5, 0.6) is 5.75 Å². The standard InChI is InChI=1S/C20H26FN5O3/c1-3-26-9-7-18(23-26)22-20(28)17-14-25(11-10-24(17)2)19(27)8-12-29-16-6-4-5-15(21)13-16/h4-7,9,13,17H,3,8,10-12,14H2,1-2H3,(H,22,23,28). The topological polar surface area (TPSA) is 79.7 Å². The van der Waals surface area contributed by atoms with E-state index in [0.29, 0.717) is 31.2 Å². The number of nitrogens with one attached hydrogen (secondary N) is 1. The molecule has 0 bridgehead atoms. The van der Waals surface area contributed by atoms with Crippen molar-refractivity contribution in [1.29, 1.82) is 0 Å². The Morgan fingerprint density at radius 2 is 2.14 bits per heavy atom. The van der Waals surface area contributed by atoms with Gasteiger partial charge in [0.25, 0.3) is 0 Å². The summed E-state index contributed by atoms with van der Waals surface area (Å²) < 4.78 is 20.4. The Labute approximate surface area is 169 Å². The molecule has 8 nitrogen and oxygen atoms in total. The lowest BCUT2D eigenvalue weighted by Gasteiger charge is -2.38. The highest BCUT2D eigenvalue weighted by atomic mass is 19.1. The lowest BCUT2D eigenvalue weighted by atomic mass is 10.1. The number of hydrogen-bond donors (Lipinski definition) is 1. The molecule has 0 aliphatic carbocycles. The third-order valence-corrected chi connectivity index (χ3v) is 4.90. The van der Waals surface area contributed by atoms with Crippen molar-refractivity contribution < 1.29 is 18.7 Å². The van der Waals surface area contributed by atoms with Gasteiger partial charge in [-0.05, 0) is 26.1 Å². The van der Waals surface area contributed by atoms with Crippen LogP contribution < -0.4 is 10.1 Å². The Kier molecular flexibility index (Phi) is 6.82. The van der Waals surface area contributed by atoms with Crippen LogP contribution in [0.15, 0.2) is 36.5 Å². The number of ether oxygens (including phenoxy) is 1. The summed E-state index contributed by atoms with van der Waals surface area (Å²) in [6, 6.07) is 7.10. The Bertz CT molecular complexity index is 856. The molecule has 0 radical (unpaired) electrons. The van der Waals surface area contributed by atoms with Crippen molar-refractivity contribution in [3.63, 3.8) is 0 Å². The molecular weight excluding hydrogens is 377 g/mol. The summed E-state index contributed by atoms with van der Waals surface area (Å²) in [5.41, 5.74) is 0. The third kappa shape index (κ3) is 5.54. The number of aryl methyl sites for hydroxylation is 1. The first-order chi connectivity index (χ1) is 14.0. The van der Waals surface area contributed by atoms with E-state index >= 15 is 0 Å². The average molecular weight is 403 g/mol.